The van der Waals surface area contributed by atoms with Gasteiger partial charge in [-0.25, -0.2) is 9.97 Å². The molecule has 6 heteroatoms. The first-order valence-corrected chi connectivity index (χ1v) is 10.2. The molecule has 2 fully saturated rings. The number of nitrogens with one attached hydrogen (secondary N) is 1. The van der Waals surface area contributed by atoms with Crippen LogP contribution in [0.3, 0.4) is 0 Å². The van der Waals surface area contributed by atoms with Gasteiger partial charge in [-0.3, -0.25) is 4.57 Å². The Balaban J connectivity index is 1.44. The SMILES string of the molecule is c1cc(CC2CCNCC2)cc(-n2cnc3ccc(C4OCCCO4)nc32)c1. The van der Waals surface area contributed by atoms with Gasteiger partial charge in [0.15, 0.2) is 5.65 Å². The molecule has 3 aromatic rings. The molecule has 28 heavy (non-hydrogen) atoms. The Morgan fingerprint density at radius 1 is 1.07 bits per heavy atom. The van der Waals surface area contributed by atoms with E-state index in [2.05, 4.69) is 39.1 Å². The second-order valence-corrected chi connectivity index (χ2v) is 7.69. The largest absolute Gasteiger partial charge is 0.347 e. The van der Waals surface area contributed by atoms with Crippen LogP contribution >= 0.6 is 0 Å². The average Bonchev–Trinajstić information content (AvgIpc) is 3.19. The van der Waals surface area contributed by atoms with E-state index in [9.17, 15) is 0 Å². The number of benzene rings is 1. The highest BCUT2D eigenvalue weighted by Gasteiger charge is 2.20. The van der Waals surface area contributed by atoms with Crippen LogP contribution in [0, 0.1) is 5.92 Å². The zero-order chi connectivity index (χ0) is 18.8. The standard InChI is InChI=1S/C22H26N4O2/c1-3-17(13-16-7-9-23-10-8-16)14-18(4-1)26-15-24-19-5-6-20(25-21(19)26)22-27-11-2-12-28-22/h1,3-6,14-16,22-23H,2,7-13H2. The first-order valence-electron chi connectivity index (χ1n) is 10.2. The molecule has 0 spiro atoms. The highest BCUT2D eigenvalue weighted by atomic mass is 16.7. The monoisotopic (exact) mass is 378 g/mol. The molecule has 146 valence electrons. The van der Waals surface area contributed by atoms with Crippen LogP contribution in [0.15, 0.2) is 42.7 Å². The van der Waals surface area contributed by atoms with Crippen LogP contribution in [0.4, 0.5) is 0 Å². The van der Waals surface area contributed by atoms with Crippen molar-refractivity contribution < 1.29 is 9.47 Å². The van der Waals surface area contributed by atoms with Crippen molar-refractivity contribution in [2.24, 2.45) is 5.92 Å². The third-order valence-electron chi connectivity index (χ3n) is 5.66. The van der Waals surface area contributed by atoms with Gasteiger partial charge in [0.2, 0.25) is 6.29 Å². The lowest BCUT2D eigenvalue weighted by atomic mass is 9.91. The number of hydrogen-bond donors (Lipinski definition) is 1. The molecule has 0 amide bonds. The van der Waals surface area contributed by atoms with Crippen molar-refractivity contribution in [1.82, 2.24) is 19.9 Å². The zero-order valence-corrected chi connectivity index (χ0v) is 16.0. The van der Waals surface area contributed by atoms with Crippen molar-refractivity contribution in [3.63, 3.8) is 0 Å². The first-order chi connectivity index (χ1) is 13.9. The van der Waals surface area contributed by atoms with Crippen LogP contribution in [0.1, 0.15) is 36.8 Å². The van der Waals surface area contributed by atoms with E-state index in [-0.39, 0.29) is 6.29 Å². The minimum atomic E-state index is -0.382. The lowest BCUT2D eigenvalue weighted by molar-refractivity contribution is -0.184. The van der Waals surface area contributed by atoms with Crippen molar-refractivity contribution in [2.75, 3.05) is 26.3 Å². The molecule has 0 unspecified atom stereocenters. The normalized spacial score (nSPS) is 19.3. The van der Waals surface area contributed by atoms with E-state index >= 15 is 0 Å². The van der Waals surface area contributed by atoms with Crippen molar-refractivity contribution in [3.05, 3.63) is 54.0 Å². The van der Waals surface area contributed by atoms with E-state index < -0.39 is 0 Å². The number of hydrogen-bond acceptors (Lipinski definition) is 5. The van der Waals surface area contributed by atoms with Gasteiger partial charge in [-0.2, -0.15) is 0 Å². The quantitative estimate of drug-likeness (QED) is 0.754. The highest BCUT2D eigenvalue weighted by molar-refractivity contribution is 5.73. The predicted molar refractivity (Wildman–Crippen MR) is 107 cm³/mol. The number of piperidine rings is 1. The fourth-order valence-corrected chi connectivity index (χ4v) is 4.14. The number of imidazole rings is 1. The molecule has 4 heterocycles. The third-order valence-corrected chi connectivity index (χ3v) is 5.66. The fourth-order valence-electron chi connectivity index (χ4n) is 4.14. The molecule has 0 saturated carbocycles. The number of fused-ring (bicyclic) bond motifs is 1. The molecular formula is C22H26N4O2. The topological polar surface area (TPSA) is 61.2 Å². The molecule has 1 N–H and O–H groups in total. The number of ether oxygens (including phenoxy) is 2. The maximum Gasteiger partial charge on any atom is 0.201 e. The summed E-state index contributed by atoms with van der Waals surface area (Å²) in [4.78, 5) is 9.36. The van der Waals surface area contributed by atoms with Gasteiger partial charge in [0.05, 0.1) is 18.9 Å². The van der Waals surface area contributed by atoms with E-state index in [1.807, 2.05) is 18.5 Å². The molecule has 0 bridgehead atoms. The summed E-state index contributed by atoms with van der Waals surface area (Å²) in [6.45, 7) is 3.69. The molecule has 2 saturated heterocycles. The summed E-state index contributed by atoms with van der Waals surface area (Å²) in [6.07, 6.45) is 6.04. The van der Waals surface area contributed by atoms with Gasteiger partial charge in [0, 0.05) is 5.69 Å². The van der Waals surface area contributed by atoms with Crippen LogP contribution in [-0.2, 0) is 15.9 Å². The highest BCUT2D eigenvalue weighted by Crippen LogP contribution is 2.25. The second-order valence-electron chi connectivity index (χ2n) is 7.69. The van der Waals surface area contributed by atoms with Gasteiger partial charge in [-0.05, 0) is 74.5 Å². The van der Waals surface area contributed by atoms with E-state index in [0.717, 1.165) is 54.4 Å². The number of nitrogens with zero attached hydrogens (tertiary/aromatic N) is 3. The summed E-state index contributed by atoms with van der Waals surface area (Å²) in [5.74, 6) is 0.765. The Morgan fingerprint density at radius 2 is 1.93 bits per heavy atom. The van der Waals surface area contributed by atoms with Crippen molar-refractivity contribution in [3.8, 4) is 5.69 Å². The lowest BCUT2D eigenvalue weighted by Crippen LogP contribution is -2.28. The lowest BCUT2D eigenvalue weighted by Gasteiger charge is -2.23. The smallest absolute Gasteiger partial charge is 0.201 e. The molecule has 2 aromatic heterocycles. The van der Waals surface area contributed by atoms with E-state index in [1.165, 1.54) is 18.4 Å². The summed E-state index contributed by atoms with van der Waals surface area (Å²) in [5.41, 5.74) is 5.00. The van der Waals surface area contributed by atoms with Crippen molar-refractivity contribution in [1.29, 1.82) is 0 Å². The predicted octanol–water partition coefficient (Wildman–Crippen LogP) is 3.40. The van der Waals surface area contributed by atoms with E-state index in [0.29, 0.717) is 13.2 Å². The molecule has 1 aromatic carbocycles. The summed E-state index contributed by atoms with van der Waals surface area (Å²) >= 11 is 0. The van der Waals surface area contributed by atoms with Crippen LogP contribution in [0.2, 0.25) is 0 Å². The minimum absolute atomic E-state index is 0.382. The average molecular weight is 378 g/mol. The molecule has 0 radical (unpaired) electrons. The fraction of sp³-hybridized carbons (Fsp3) is 0.455. The minimum Gasteiger partial charge on any atom is -0.347 e. The van der Waals surface area contributed by atoms with Crippen LogP contribution in [0.5, 0.6) is 0 Å². The third kappa shape index (κ3) is 3.68. The Morgan fingerprint density at radius 3 is 2.79 bits per heavy atom. The molecule has 5 rings (SSSR count). The molecular weight excluding hydrogens is 352 g/mol. The Hall–Kier alpha value is -2.28. The van der Waals surface area contributed by atoms with Gasteiger partial charge in [-0.15, -0.1) is 0 Å². The van der Waals surface area contributed by atoms with E-state index in [1.54, 1.807) is 0 Å². The molecule has 2 aliphatic rings. The Kier molecular flexibility index (Phi) is 5.08. The summed E-state index contributed by atoms with van der Waals surface area (Å²) < 4.78 is 13.5. The number of aromatic nitrogens is 3. The zero-order valence-electron chi connectivity index (χ0n) is 16.0. The van der Waals surface area contributed by atoms with Gasteiger partial charge >= 0.3 is 0 Å². The van der Waals surface area contributed by atoms with Gasteiger partial charge in [0.25, 0.3) is 0 Å². The molecule has 0 atom stereocenters. The summed E-state index contributed by atoms with van der Waals surface area (Å²) in [6, 6.07) is 12.7. The van der Waals surface area contributed by atoms with Gasteiger partial charge in [-0.1, -0.05) is 12.1 Å². The second kappa shape index (κ2) is 7.99. The molecule has 6 nitrogen and oxygen atoms in total. The maximum atomic E-state index is 5.72. The van der Waals surface area contributed by atoms with Crippen LogP contribution in [-0.4, -0.2) is 40.8 Å². The molecule has 0 aliphatic carbocycles. The number of pyridine rings is 1. The molecule has 2 aliphatic heterocycles. The summed E-state index contributed by atoms with van der Waals surface area (Å²) in [5, 5.41) is 3.45. The van der Waals surface area contributed by atoms with E-state index in [4.69, 9.17) is 14.5 Å². The van der Waals surface area contributed by atoms with Crippen LogP contribution < -0.4 is 5.32 Å². The Labute approximate surface area is 164 Å². The van der Waals surface area contributed by atoms with Gasteiger partial charge < -0.3 is 14.8 Å². The maximum absolute atomic E-state index is 5.72. The van der Waals surface area contributed by atoms with Gasteiger partial charge in [0.1, 0.15) is 11.8 Å². The Bertz CT molecular complexity index is 943. The van der Waals surface area contributed by atoms with Crippen LogP contribution in [0.25, 0.3) is 16.9 Å². The first kappa shape index (κ1) is 17.8. The summed E-state index contributed by atoms with van der Waals surface area (Å²) in [7, 11) is 0. The van der Waals surface area contributed by atoms with Crippen molar-refractivity contribution >= 4 is 11.2 Å². The number of rotatable bonds is 4. The van der Waals surface area contributed by atoms with Crippen molar-refractivity contribution in [2.45, 2.75) is 32.0 Å².